The van der Waals surface area contributed by atoms with Gasteiger partial charge in [-0.2, -0.15) is 0 Å². The highest BCUT2D eigenvalue weighted by atomic mass is 35.5. The quantitative estimate of drug-likeness (QED) is 0.566. The third-order valence-corrected chi connectivity index (χ3v) is 3.39. The third-order valence-electron chi connectivity index (χ3n) is 2.92. The van der Waals surface area contributed by atoms with Crippen LogP contribution in [0, 0.1) is 13.8 Å². The number of ether oxygens (including phenoxy) is 1. The van der Waals surface area contributed by atoms with Crippen LogP contribution < -0.4 is 20.9 Å². The number of nitrogens with one attached hydrogen (secondary N) is 3. The molecule has 0 aliphatic heterocycles. The number of hydrazine groups is 1. The van der Waals surface area contributed by atoms with Gasteiger partial charge in [0.2, 0.25) is 0 Å². The molecule has 5 nitrogen and oxygen atoms in total. The van der Waals surface area contributed by atoms with Crippen LogP contribution in [0.5, 0.6) is 5.75 Å². The lowest BCUT2D eigenvalue weighted by molar-refractivity contribution is -0.127. The summed E-state index contributed by atoms with van der Waals surface area (Å²) in [5, 5.41) is 3.97. The van der Waals surface area contributed by atoms with Crippen molar-refractivity contribution < 1.29 is 9.53 Å². The van der Waals surface area contributed by atoms with Gasteiger partial charge >= 0.3 is 0 Å². The molecule has 1 aromatic carbocycles. The molecule has 0 aliphatic rings. The Kier molecular flexibility index (Phi) is 7.41. The molecule has 0 spiro atoms. The lowest BCUT2D eigenvalue weighted by atomic mass is 10.1. The molecule has 1 atom stereocenters. The van der Waals surface area contributed by atoms with Crippen molar-refractivity contribution in [1.29, 1.82) is 0 Å². The number of hydrogen-bond acceptors (Lipinski definition) is 3. The van der Waals surface area contributed by atoms with Gasteiger partial charge in [-0.1, -0.05) is 18.5 Å². The van der Waals surface area contributed by atoms with Crippen LogP contribution >= 0.6 is 23.8 Å². The van der Waals surface area contributed by atoms with Gasteiger partial charge in [0, 0.05) is 11.6 Å². The molecule has 0 aliphatic carbocycles. The van der Waals surface area contributed by atoms with Crippen molar-refractivity contribution in [3.05, 3.63) is 28.3 Å². The van der Waals surface area contributed by atoms with E-state index in [1.807, 2.05) is 20.8 Å². The van der Waals surface area contributed by atoms with Gasteiger partial charge in [-0.25, -0.2) is 0 Å². The van der Waals surface area contributed by atoms with Gasteiger partial charge < -0.3 is 10.1 Å². The minimum Gasteiger partial charge on any atom is -0.480 e. The first-order valence-corrected chi connectivity index (χ1v) is 7.90. The molecular formula is C15H22ClN3O2S. The molecule has 22 heavy (non-hydrogen) atoms. The Morgan fingerprint density at radius 2 is 1.91 bits per heavy atom. The Hall–Kier alpha value is -1.53. The number of benzene rings is 1. The first-order chi connectivity index (χ1) is 10.3. The summed E-state index contributed by atoms with van der Waals surface area (Å²) in [6, 6.07) is 3.60. The smallest absolute Gasteiger partial charge is 0.279 e. The topological polar surface area (TPSA) is 62.4 Å². The van der Waals surface area contributed by atoms with Gasteiger partial charge in [-0.3, -0.25) is 15.6 Å². The summed E-state index contributed by atoms with van der Waals surface area (Å²) in [4.78, 5) is 12.0. The minimum atomic E-state index is -0.667. The number of hydrogen-bond donors (Lipinski definition) is 3. The summed E-state index contributed by atoms with van der Waals surface area (Å²) < 4.78 is 5.73. The summed E-state index contributed by atoms with van der Waals surface area (Å²) >= 11 is 11.0. The molecule has 0 bridgehead atoms. The number of thiocarbonyl (C=S) groups is 1. The maximum Gasteiger partial charge on any atom is 0.279 e. The van der Waals surface area contributed by atoms with E-state index in [0.29, 0.717) is 15.9 Å². The molecule has 0 heterocycles. The van der Waals surface area contributed by atoms with Crippen molar-refractivity contribution in [2.24, 2.45) is 0 Å². The number of amides is 1. The van der Waals surface area contributed by atoms with Crippen LogP contribution in [0.15, 0.2) is 12.1 Å². The fourth-order valence-electron chi connectivity index (χ4n) is 1.82. The van der Waals surface area contributed by atoms with Gasteiger partial charge in [0.05, 0.1) is 0 Å². The van der Waals surface area contributed by atoms with Crippen molar-refractivity contribution in [2.45, 2.75) is 40.2 Å². The minimum absolute atomic E-state index is 0.311. The lowest BCUT2D eigenvalue weighted by Gasteiger charge is -2.19. The lowest BCUT2D eigenvalue weighted by Crippen LogP contribution is -2.50. The molecule has 122 valence electrons. The van der Waals surface area contributed by atoms with E-state index in [1.54, 1.807) is 19.1 Å². The van der Waals surface area contributed by atoms with Crippen molar-refractivity contribution in [2.75, 3.05) is 6.54 Å². The third kappa shape index (κ3) is 5.69. The zero-order valence-electron chi connectivity index (χ0n) is 13.2. The van der Waals surface area contributed by atoms with Crippen LogP contribution in [0.3, 0.4) is 0 Å². The largest absolute Gasteiger partial charge is 0.480 e. The van der Waals surface area contributed by atoms with Crippen LogP contribution in [-0.2, 0) is 4.79 Å². The SMILES string of the molecule is CCCNC(=S)NNC(=O)[C@H](C)Oc1c(C)cc(Cl)cc1C. The Balaban J connectivity index is 2.56. The van der Waals surface area contributed by atoms with Gasteiger partial charge in [0.15, 0.2) is 11.2 Å². The number of carbonyl (C=O) groups excluding carboxylic acids is 1. The predicted molar refractivity (Wildman–Crippen MR) is 93.2 cm³/mol. The molecule has 0 saturated carbocycles. The van der Waals surface area contributed by atoms with Crippen LogP contribution in [0.1, 0.15) is 31.4 Å². The second-order valence-electron chi connectivity index (χ2n) is 5.00. The van der Waals surface area contributed by atoms with Crippen molar-refractivity contribution >= 4 is 34.8 Å². The Bertz CT molecular complexity index is 529. The highest BCUT2D eigenvalue weighted by Crippen LogP contribution is 2.27. The van der Waals surface area contributed by atoms with E-state index in [0.717, 1.165) is 24.1 Å². The molecule has 0 radical (unpaired) electrons. The Morgan fingerprint density at radius 3 is 2.45 bits per heavy atom. The van der Waals surface area contributed by atoms with Crippen LogP contribution in [-0.4, -0.2) is 23.7 Å². The molecule has 7 heteroatoms. The first kappa shape index (κ1) is 18.5. The number of carbonyl (C=O) groups is 1. The van der Waals surface area contributed by atoms with Crippen LogP contribution in [0.4, 0.5) is 0 Å². The average Bonchev–Trinajstić information content (AvgIpc) is 2.45. The van der Waals surface area contributed by atoms with Gasteiger partial charge in [0.25, 0.3) is 5.91 Å². The molecule has 1 amide bonds. The van der Waals surface area contributed by atoms with Crippen LogP contribution in [0.2, 0.25) is 5.02 Å². The fraction of sp³-hybridized carbons (Fsp3) is 0.467. The summed E-state index contributed by atoms with van der Waals surface area (Å²) in [6.45, 7) is 8.23. The van der Waals surface area contributed by atoms with E-state index in [-0.39, 0.29) is 5.91 Å². The maximum atomic E-state index is 12.0. The zero-order valence-corrected chi connectivity index (χ0v) is 14.8. The Morgan fingerprint density at radius 1 is 1.32 bits per heavy atom. The Labute approximate surface area is 141 Å². The number of halogens is 1. The molecule has 1 aromatic rings. The van der Waals surface area contributed by atoms with E-state index in [4.69, 9.17) is 28.6 Å². The van der Waals surface area contributed by atoms with Crippen molar-refractivity contribution in [3.63, 3.8) is 0 Å². The normalized spacial score (nSPS) is 11.5. The molecular weight excluding hydrogens is 322 g/mol. The van der Waals surface area contributed by atoms with Crippen molar-refractivity contribution in [3.8, 4) is 5.75 Å². The van der Waals surface area contributed by atoms with Gasteiger partial charge in [0.1, 0.15) is 5.75 Å². The maximum absolute atomic E-state index is 12.0. The molecule has 0 aromatic heterocycles. The standard InChI is InChI=1S/C15H22ClN3O2S/c1-5-6-17-15(22)19-18-14(20)11(4)21-13-9(2)7-12(16)8-10(13)3/h7-8,11H,5-6H2,1-4H3,(H,18,20)(H2,17,19,22)/t11-/m0/s1. The van der Waals surface area contributed by atoms with E-state index in [1.165, 1.54) is 0 Å². The number of aryl methyl sites for hydroxylation is 2. The van der Waals surface area contributed by atoms with E-state index in [9.17, 15) is 4.79 Å². The second-order valence-corrected chi connectivity index (χ2v) is 5.84. The highest BCUT2D eigenvalue weighted by molar-refractivity contribution is 7.80. The monoisotopic (exact) mass is 343 g/mol. The van der Waals surface area contributed by atoms with Crippen molar-refractivity contribution in [1.82, 2.24) is 16.2 Å². The van der Waals surface area contributed by atoms with E-state index in [2.05, 4.69) is 16.2 Å². The first-order valence-electron chi connectivity index (χ1n) is 7.12. The second kappa shape index (κ2) is 8.80. The molecule has 0 fully saturated rings. The molecule has 0 saturated heterocycles. The summed E-state index contributed by atoms with van der Waals surface area (Å²) in [6.07, 6.45) is 0.282. The highest BCUT2D eigenvalue weighted by Gasteiger charge is 2.17. The summed E-state index contributed by atoms with van der Waals surface area (Å²) in [7, 11) is 0. The van der Waals surface area contributed by atoms with Gasteiger partial charge in [-0.15, -0.1) is 0 Å². The average molecular weight is 344 g/mol. The molecule has 3 N–H and O–H groups in total. The van der Waals surface area contributed by atoms with Gasteiger partial charge in [-0.05, 0) is 62.7 Å². The summed E-state index contributed by atoms with van der Waals surface area (Å²) in [5.74, 6) is 0.355. The van der Waals surface area contributed by atoms with E-state index < -0.39 is 6.10 Å². The van der Waals surface area contributed by atoms with E-state index >= 15 is 0 Å². The number of rotatable bonds is 5. The molecule has 0 unspecified atom stereocenters. The fourth-order valence-corrected chi connectivity index (χ4v) is 2.30. The predicted octanol–water partition coefficient (Wildman–Crippen LogP) is 2.63. The summed E-state index contributed by atoms with van der Waals surface area (Å²) in [5.41, 5.74) is 6.93. The molecule has 1 rings (SSSR count). The van der Waals surface area contributed by atoms with Crippen LogP contribution in [0.25, 0.3) is 0 Å². The zero-order chi connectivity index (χ0) is 16.7.